The number of anilines is 2. The molecule has 35 heavy (non-hydrogen) atoms. The van der Waals surface area contributed by atoms with E-state index >= 15 is 0 Å². The van der Waals surface area contributed by atoms with Gasteiger partial charge in [0.05, 0.1) is 34.0 Å². The molecule has 1 aliphatic carbocycles. The molecule has 1 aromatic carbocycles. The van der Waals surface area contributed by atoms with Crippen molar-refractivity contribution in [3.63, 3.8) is 0 Å². The predicted octanol–water partition coefficient (Wildman–Crippen LogP) is 5.13. The molecule has 0 bridgehead atoms. The molecule has 8 nitrogen and oxygen atoms in total. The van der Waals surface area contributed by atoms with E-state index in [1.165, 1.54) is 36.7 Å². The maximum absolute atomic E-state index is 13.2. The normalized spacial score (nSPS) is 17.7. The number of aliphatic hydroxyl groups is 1. The molecule has 3 N–H and O–H groups in total. The van der Waals surface area contributed by atoms with Crippen LogP contribution in [0, 0.1) is 13.8 Å². The lowest BCUT2D eigenvalue weighted by Crippen LogP contribution is -2.37. The molecule has 0 unspecified atom stereocenters. The van der Waals surface area contributed by atoms with Gasteiger partial charge in [0.25, 0.3) is 5.91 Å². The van der Waals surface area contributed by atoms with Crippen molar-refractivity contribution in [1.29, 1.82) is 0 Å². The van der Waals surface area contributed by atoms with Gasteiger partial charge in [-0.3, -0.25) is 9.48 Å². The van der Waals surface area contributed by atoms with Crippen molar-refractivity contribution in [2.75, 3.05) is 23.3 Å². The summed E-state index contributed by atoms with van der Waals surface area (Å²) in [5.74, 6) is -1.28. The third kappa shape index (κ3) is 4.67. The van der Waals surface area contributed by atoms with Gasteiger partial charge in [-0.05, 0) is 63.3 Å². The van der Waals surface area contributed by atoms with Crippen LogP contribution < -0.4 is 10.2 Å². The van der Waals surface area contributed by atoms with Crippen LogP contribution in [-0.4, -0.2) is 51.1 Å². The molecular weight excluding hydrogens is 464 g/mol. The van der Waals surface area contributed by atoms with Gasteiger partial charge in [-0.1, -0.05) is 19.3 Å². The van der Waals surface area contributed by atoms with E-state index in [1.807, 2.05) is 30.9 Å². The average Bonchev–Trinajstić information content (AvgIpc) is 3.41. The van der Waals surface area contributed by atoms with Crippen LogP contribution in [0.2, 0.25) is 0 Å². The maximum atomic E-state index is 13.2. The number of carboxylic acid groups (broad SMARTS) is 1. The van der Waals surface area contributed by atoms with Crippen LogP contribution in [0.15, 0.2) is 18.2 Å². The summed E-state index contributed by atoms with van der Waals surface area (Å²) in [6, 6.07) is 5.65. The molecule has 1 amide bonds. The largest absolute Gasteiger partial charge is 0.478 e. The van der Waals surface area contributed by atoms with E-state index < -0.39 is 5.97 Å². The van der Waals surface area contributed by atoms with Gasteiger partial charge in [0.2, 0.25) is 0 Å². The van der Waals surface area contributed by atoms with E-state index in [9.17, 15) is 19.8 Å². The fourth-order valence-electron chi connectivity index (χ4n) is 5.47. The number of aromatic carboxylic acids is 1. The second-order valence-corrected chi connectivity index (χ2v) is 10.8. The molecule has 1 aliphatic heterocycles. The van der Waals surface area contributed by atoms with Crippen molar-refractivity contribution in [1.82, 2.24) is 9.78 Å². The van der Waals surface area contributed by atoms with Crippen molar-refractivity contribution in [3.05, 3.63) is 39.9 Å². The third-order valence-corrected chi connectivity index (χ3v) is 8.41. The van der Waals surface area contributed by atoms with E-state index in [2.05, 4.69) is 10.00 Å². The van der Waals surface area contributed by atoms with Crippen molar-refractivity contribution >= 4 is 44.8 Å². The zero-order valence-electron chi connectivity index (χ0n) is 20.2. The maximum Gasteiger partial charge on any atom is 0.337 e. The number of nitrogens with one attached hydrogen (secondary N) is 1. The Morgan fingerprint density at radius 1 is 1.06 bits per heavy atom. The number of thiophene rings is 1. The van der Waals surface area contributed by atoms with Crippen LogP contribution in [-0.2, 0) is 0 Å². The Morgan fingerprint density at radius 3 is 2.46 bits per heavy atom. The smallest absolute Gasteiger partial charge is 0.337 e. The van der Waals surface area contributed by atoms with Crippen molar-refractivity contribution in [3.8, 4) is 0 Å². The molecule has 1 saturated carbocycles. The number of piperidine rings is 1. The summed E-state index contributed by atoms with van der Waals surface area (Å²) >= 11 is 1.45. The highest BCUT2D eigenvalue weighted by Crippen LogP contribution is 2.36. The standard InChI is InChI=1S/C26H32N4O4S/c1-15-12-17(13-21(26(33)34)23(15)29-10-8-19(31)9-11-29)27-24(32)22-14-20-16(2)28-30(25(20)35-22)18-6-4-3-5-7-18/h12-14,18-19,31H,3-11H2,1-2H3,(H,27,32)(H,33,34). The molecule has 186 valence electrons. The highest BCUT2D eigenvalue weighted by Gasteiger charge is 2.26. The number of fused-ring (bicyclic) bond motifs is 1. The number of rotatable bonds is 5. The number of aliphatic hydroxyl groups excluding tert-OH is 1. The molecule has 1 saturated heterocycles. The zero-order chi connectivity index (χ0) is 24.7. The fourth-order valence-corrected chi connectivity index (χ4v) is 6.60. The van der Waals surface area contributed by atoms with Gasteiger partial charge in [0.15, 0.2) is 0 Å². The topological polar surface area (TPSA) is 108 Å². The molecule has 3 aromatic rings. The molecule has 2 aromatic heterocycles. The highest BCUT2D eigenvalue weighted by molar-refractivity contribution is 7.20. The van der Waals surface area contributed by atoms with Gasteiger partial charge in [0.1, 0.15) is 4.83 Å². The van der Waals surface area contributed by atoms with Crippen molar-refractivity contribution in [2.45, 2.75) is 70.9 Å². The van der Waals surface area contributed by atoms with Crippen molar-refractivity contribution < 1.29 is 19.8 Å². The van der Waals surface area contributed by atoms with Crippen LogP contribution in [0.4, 0.5) is 11.4 Å². The molecular formula is C26H32N4O4S. The minimum atomic E-state index is -1.03. The summed E-state index contributed by atoms with van der Waals surface area (Å²) in [5, 5.41) is 28.4. The quantitative estimate of drug-likeness (QED) is 0.452. The Kier molecular flexibility index (Phi) is 6.55. The summed E-state index contributed by atoms with van der Waals surface area (Å²) in [7, 11) is 0. The average molecular weight is 497 g/mol. The predicted molar refractivity (Wildman–Crippen MR) is 138 cm³/mol. The van der Waals surface area contributed by atoms with Crippen molar-refractivity contribution in [2.24, 2.45) is 0 Å². The Bertz CT molecular complexity index is 1270. The second-order valence-electron chi connectivity index (χ2n) is 9.82. The molecule has 0 radical (unpaired) electrons. The number of carbonyl (C=O) groups is 2. The molecule has 2 aliphatic rings. The van der Waals surface area contributed by atoms with Crippen LogP contribution in [0.25, 0.3) is 10.2 Å². The first-order chi connectivity index (χ1) is 16.8. The number of hydrogen-bond donors (Lipinski definition) is 3. The molecule has 9 heteroatoms. The Balaban J connectivity index is 1.41. The van der Waals surface area contributed by atoms with E-state index in [-0.39, 0.29) is 17.6 Å². The van der Waals surface area contributed by atoms with Crippen LogP contribution >= 0.6 is 11.3 Å². The summed E-state index contributed by atoms with van der Waals surface area (Å²) in [4.78, 5) is 28.9. The fraction of sp³-hybridized carbons (Fsp3) is 0.500. The van der Waals surface area contributed by atoms with Crippen LogP contribution in [0.5, 0.6) is 0 Å². The Labute approximate surface area is 208 Å². The molecule has 0 atom stereocenters. The first-order valence-electron chi connectivity index (χ1n) is 12.4. The number of aryl methyl sites for hydroxylation is 2. The van der Waals surface area contributed by atoms with Gasteiger partial charge < -0.3 is 20.4 Å². The molecule has 3 heterocycles. The van der Waals surface area contributed by atoms with Gasteiger partial charge in [-0.15, -0.1) is 11.3 Å². The Morgan fingerprint density at radius 2 is 1.77 bits per heavy atom. The van der Waals surface area contributed by atoms with E-state index in [0.717, 1.165) is 34.3 Å². The number of hydrogen-bond acceptors (Lipinski definition) is 6. The zero-order valence-corrected chi connectivity index (χ0v) is 21.0. The van der Waals surface area contributed by atoms with E-state index in [4.69, 9.17) is 5.10 Å². The molecule has 5 rings (SSSR count). The van der Waals surface area contributed by atoms with E-state index in [1.54, 1.807) is 0 Å². The first kappa shape index (κ1) is 23.8. The second kappa shape index (κ2) is 9.62. The third-order valence-electron chi connectivity index (χ3n) is 7.28. The minimum Gasteiger partial charge on any atom is -0.478 e. The monoisotopic (exact) mass is 496 g/mol. The molecule has 0 spiro atoms. The van der Waals surface area contributed by atoms with E-state index in [0.29, 0.717) is 48.2 Å². The number of nitrogens with zero attached hydrogens (tertiary/aromatic N) is 3. The molecule has 2 fully saturated rings. The first-order valence-corrected chi connectivity index (χ1v) is 13.2. The summed E-state index contributed by atoms with van der Waals surface area (Å²) in [6.07, 6.45) is 6.82. The number of carbonyl (C=O) groups excluding carboxylic acids is 1. The number of carboxylic acids is 1. The van der Waals surface area contributed by atoms with Gasteiger partial charge in [0, 0.05) is 24.2 Å². The SMILES string of the molecule is Cc1cc(NC(=O)c2cc3c(C)nn(C4CCCCC4)c3s2)cc(C(=O)O)c1N1CCC(O)CC1. The van der Waals surface area contributed by atoms with Gasteiger partial charge in [-0.2, -0.15) is 5.10 Å². The highest BCUT2D eigenvalue weighted by atomic mass is 32.1. The summed E-state index contributed by atoms with van der Waals surface area (Å²) in [5.41, 5.74) is 3.01. The lowest BCUT2D eigenvalue weighted by atomic mass is 9.96. The Hall–Kier alpha value is -2.91. The summed E-state index contributed by atoms with van der Waals surface area (Å²) in [6.45, 7) is 5.06. The number of aromatic nitrogens is 2. The van der Waals surface area contributed by atoms with Gasteiger partial charge >= 0.3 is 5.97 Å². The van der Waals surface area contributed by atoms with Crippen LogP contribution in [0.1, 0.15) is 82.3 Å². The number of amides is 1. The van der Waals surface area contributed by atoms with Gasteiger partial charge in [-0.25, -0.2) is 4.79 Å². The van der Waals surface area contributed by atoms with Crippen LogP contribution in [0.3, 0.4) is 0 Å². The summed E-state index contributed by atoms with van der Waals surface area (Å²) < 4.78 is 2.11. The lowest BCUT2D eigenvalue weighted by Gasteiger charge is -2.33. The number of benzene rings is 1. The minimum absolute atomic E-state index is 0.164. The lowest BCUT2D eigenvalue weighted by molar-refractivity contribution is 0.0697.